The molecule has 1 saturated heterocycles. The Morgan fingerprint density at radius 3 is 2.27 bits per heavy atom. The van der Waals surface area contributed by atoms with Crippen molar-refractivity contribution in [2.45, 2.75) is 39.7 Å². The molecule has 2 aromatic carbocycles. The fourth-order valence-electron chi connectivity index (χ4n) is 3.63. The third-order valence-corrected chi connectivity index (χ3v) is 5.51. The van der Waals surface area contributed by atoms with Gasteiger partial charge in [-0.15, -0.1) is 0 Å². The highest BCUT2D eigenvalue weighted by atomic mass is 35.5. The summed E-state index contributed by atoms with van der Waals surface area (Å²) in [5, 5.41) is 4.33. The lowest BCUT2D eigenvalue weighted by Crippen LogP contribution is -2.29. The summed E-state index contributed by atoms with van der Waals surface area (Å²) < 4.78 is 0. The molecule has 2 aromatic rings. The quantitative estimate of drug-likeness (QED) is 0.664. The lowest BCUT2D eigenvalue weighted by atomic mass is 10.1. The molecule has 1 fully saturated rings. The molecule has 0 saturated carbocycles. The minimum absolute atomic E-state index is 0.803. The van der Waals surface area contributed by atoms with Crippen LogP contribution in [-0.4, -0.2) is 26.2 Å². The first-order valence-electron chi connectivity index (χ1n) is 9.83. The van der Waals surface area contributed by atoms with Crippen molar-refractivity contribution in [2.75, 3.05) is 41.3 Å². The Balaban J connectivity index is 1.60. The maximum atomic E-state index is 6.54. The van der Waals surface area contributed by atoms with E-state index in [1.807, 2.05) is 0 Å². The molecule has 1 N–H and O–H groups in total. The molecule has 0 aromatic heterocycles. The van der Waals surface area contributed by atoms with Gasteiger partial charge in [0, 0.05) is 44.1 Å². The van der Waals surface area contributed by atoms with Crippen LogP contribution >= 0.6 is 11.6 Å². The predicted molar refractivity (Wildman–Crippen MR) is 115 cm³/mol. The monoisotopic (exact) mass is 371 g/mol. The summed E-state index contributed by atoms with van der Waals surface area (Å²) in [5.74, 6) is 0. The Morgan fingerprint density at radius 2 is 1.65 bits per heavy atom. The Labute approximate surface area is 163 Å². The predicted octanol–water partition coefficient (Wildman–Crippen LogP) is 5.79. The standard InChI is InChI=1S/C22H30ClN3/c1-3-25(4-2)20-11-8-18(9-12-20)17-24-19-10-13-22(21(23)16-19)26-14-6-5-7-15-26/h8-13,16,24H,3-7,14-15,17H2,1-2H3. The molecule has 0 bridgehead atoms. The summed E-state index contributed by atoms with van der Waals surface area (Å²) in [5.41, 5.74) is 4.80. The highest BCUT2D eigenvalue weighted by molar-refractivity contribution is 6.33. The van der Waals surface area contributed by atoms with Crippen molar-refractivity contribution in [3.8, 4) is 0 Å². The number of nitrogens with zero attached hydrogens (tertiary/aromatic N) is 2. The molecular weight excluding hydrogens is 342 g/mol. The highest BCUT2D eigenvalue weighted by Gasteiger charge is 2.14. The average Bonchev–Trinajstić information content (AvgIpc) is 2.69. The smallest absolute Gasteiger partial charge is 0.0660 e. The molecule has 0 radical (unpaired) electrons. The molecule has 140 valence electrons. The van der Waals surface area contributed by atoms with Gasteiger partial charge in [0.05, 0.1) is 10.7 Å². The van der Waals surface area contributed by atoms with Crippen molar-refractivity contribution < 1.29 is 0 Å². The van der Waals surface area contributed by atoms with Crippen LogP contribution in [0.15, 0.2) is 42.5 Å². The van der Waals surface area contributed by atoms with E-state index in [0.717, 1.165) is 43.4 Å². The van der Waals surface area contributed by atoms with E-state index in [1.54, 1.807) is 0 Å². The summed E-state index contributed by atoms with van der Waals surface area (Å²) in [6, 6.07) is 15.1. The van der Waals surface area contributed by atoms with Crippen LogP contribution in [0.5, 0.6) is 0 Å². The molecule has 26 heavy (non-hydrogen) atoms. The number of halogens is 1. The molecule has 3 rings (SSSR count). The van der Waals surface area contributed by atoms with Gasteiger partial charge in [-0.1, -0.05) is 23.7 Å². The number of nitrogens with one attached hydrogen (secondary N) is 1. The van der Waals surface area contributed by atoms with E-state index in [0.29, 0.717) is 0 Å². The molecule has 0 spiro atoms. The van der Waals surface area contributed by atoms with Crippen LogP contribution in [0, 0.1) is 0 Å². The zero-order chi connectivity index (χ0) is 18.4. The van der Waals surface area contributed by atoms with Gasteiger partial charge in [0.25, 0.3) is 0 Å². The van der Waals surface area contributed by atoms with Gasteiger partial charge in [0.15, 0.2) is 0 Å². The van der Waals surface area contributed by atoms with Gasteiger partial charge in [-0.2, -0.15) is 0 Å². The molecule has 0 aliphatic carbocycles. The van der Waals surface area contributed by atoms with Crippen LogP contribution in [0.4, 0.5) is 17.1 Å². The molecule has 0 amide bonds. The number of benzene rings is 2. The van der Waals surface area contributed by atoms with Crippen molar-refractivity contribution in [2.24, 2.45) is 0 Å². The van der Waals surface area contributed by atoms with Gasteiger partial charge in [-0.25, -0.2) is 0 Å². The topological polar surface area (TPSA) is 18.5 Å². The molecule has 1 heterocycles. The van der Waals surface area contributed by atoms with Gasteiger partial charge >= 0.3 is 0 Å². The fourth-order valence-corrected chi connectivity index (χ4v) is 3.93. The van der Waals surface area contributed by atoms with Crippen molar-refractivity contribution >= 4 is 28.7 Å². The molecular formula is C22H30ClN3. The molecule has 0 atom stereocenters. The molecule has 4 heteroatoms. The minimum Gasteiger partial charge on any atom is -0.381 e. The zero-order valence-corrected chi connectivity index (χ0v) is 16.7. The maximum Gasteiger partial charge on any atom is 0.0660 e. The first-order chi connectivity index (χ1) is 12.7. The number of anilines is 3. The third kappa shape index (κ3) is 4.64. The van der Waals surface area contributed by atoms with E-state index in [2.05, 4.69) is 71.4 Å². The Hall–Kier alpha value is -1.87. The van der Waals surface area contributed by atoms with E-state index in [9.17, 15) is 0 Å². The van der Waals surface area contributed by atoms with E-state index in [4.69, 9.17) is 11.6 Å². The van der Waals surface area contributed by atoms with Crippen molar-refractivity contribution in [3.05, 3.63) is 53.1 Å². The van der Waals surface area contributed by atoms with Crippen LogP contribution in [0.2, 0.25) is 5.02 Å². The second-order valence-corrected chi connectivity index (χ2v) is 7.31. The minimum atomic E-state index is 0.803. The van der Waals surface area contributed by atoms with Crippen molar-refractivity contribution in [1.82, 2.24) is 0 Å². The number of rotatable bonds is 7. The van der Waals surface area contributed by atoms with E-state index in [-0.39, 0.29) is 0 Å². The maximum absolute atomic E-state index is 6.54. The Bertz CT molecular complexity index is 689. The van der Waals surface area contributed by atoms with Gasteiger partial charge in [-0.3, -0.25) is 0 Å². The van der Waals surface area contributed by atoms with E-state index >= 15 is 0 Å². The van der Waals surface area contributed by atoms with Gasteiger partial charge in [0.1, 0.15) is 0 Å². The first kappa shape index (κ1) is 18.9. The number of hydrogen-bond donors (Lipinski definition) is 1. The summed E-state index contributed by atoms with van der Waals surface area (Å²) in [7, 11) is 0. The van der Waals surface area contributed by atoms with Gasteiger partial charge in [0.2, 0.25) is 0 Å². The number of piperidine rings is 1. The van der Waals surface area contributed by atoms with E-state index < -0.39 is 0 Å². The summed E-state index contributed by atoms with van der Waals surface area (Å²) in [6.45, 7) is 9.49. The van der Waals surface area contributed by atoms with Crippen LogP contribution in [0.25, 0.3) is 0 Å². The first-order valence-corrected chi connectivity index (χ1v) is 10.2. The van der Waals surface area contributed by atoms with Crippen LogP contribution < -0.4 is 15.1 Å². The normalized spacial score (nSPS) is 14.3. The fraction of sp³-hybridized carbons (Fsp3) is 0.455. The van der Waals surface area contributed by atoms with Gasteiger partial charge < -0.3 is 15.1 Å². The molecule has 0 unspecified atom stereocenters. The average molecular weight is 372 g/mol. The largest absolute Gasteiger partial charge is 0.381 e. The number of hydrogen-bond acceptors (Lipinski definition) is 3. The third-order valence-electron chi connectivity index (χ3n) is 5.21. The second-order valence-electron chi connectivity index (χ2n) is 6.91. The van der Waals surface area contributed by atoms with Crippen LogP contribution in [0.1, 0.15) is 38.7 Å². The lowest BCUT2D eigenvalue weighted by molar-refractivity contribution is 0.578. The summed E-state index contributed by atoms with van der Waals surface area (Å²) >= 11 is 6.54. The molecule has 3 nitrogen and oxygen atoms in total. The van der Waals surface area contributed by atoms with E-state index in [1.165, 1.54) is 36.2 Å². The SMILES string of the molecule is CCN(CC)c1ccc(CNc2ccc(N3CCCCC3)c(Cl)c2)cc1. The summed E-state index contributed by atoms with van der Waals surface area (Å²) in [6.07, 6.45) is 3.86. The zero-order valence-electron chi connectivity index (χ0n) is 16.0. The highest BCUT2D eigenvalue weighted by Crippen LogP contribution is 2.31. The summed E-state index contributed by atoms with van der Waals surface area (Å²) in [4.78, 5) is 4.76. The van der Waals surface area contributed by atoms with Crippen molar-refractivity contribution in [3.63, 3.8) is 0 Å². The molecule has 1 aliphatic rings. The van der Waals surface area contributed by atoms with Crippen LogP contribution in [0.3, 0.4) is 0 Å². The van der Waals surface area contributed by atoms with Crippen LogP contribution in [-0.2, 0) is 6.54 Å². The molecule has 1 aliphatic heterocycles. The van der Waals surface area contributed by atoms with Gasteiger partial charge in [-0.05, 0) is 69.0 Å². The lowest BCUT2D eigenvalue weighted by Gasteiger charge is -2.29. The Kier molecular flexibility index (Phi) is 6.67. The second kappa shape index (κ2) is 9.18. The Morgan fingerprint density at radius 1 is 0.962 bits per heavy atom. The van der Waals surface area contributed by atoms with Crippen molar-refractivity contribution in [1.29, 1.82) is 0 Å².